The monoisotopic (exact) mass is 433 g/mol. The lowest BCUT2D eigenvalue weighted by atomic mass is 10.2. The van der Waals surface area contributed by atoms with E-state index in [0.717, 1.165) is 31.5 Å². The number of thiophene rings is 1. The summed E-state index contributed by atoms with van der Waals surface area (Å²) in [6.45, 7) is 6.87. The molecule has 9 heteroatoms. The fraction of sp³-hybridized carbons (Fsp3) is 0.619. The lowest BCUT2D eigenvalue weighted by Gasteiger charge is -2.35. The zero-order chi connectivity index (χ0) is 21.4. The Balaban J connectivity index is 1.52. The number of hydrogen-bond donors (Lipinski definition) is 0. The van der Waals surface area contributed by atoms with Crippen molar-refractivity contribution in [3.8, 4) is 0 Å². The predicted octanol–water partition coefficient (Wildman–Crippen LogP) is 2.29. The van der Waals surface area contributed by atoms with E-state index in [1.165, 1.54) is 11.3 Å². The van der Waals surface area contributed by atoms with Crippen LogP contribution in [-0.2, 0) is 27.2 Å². The highest BCUT2D eigenvalue weighted by Crippen LogP contribution is 2.29. The molecule has 1 saturated heterocycles. The number of carbonyl (C=O) groups excluding carboxylic acids is 2. The lowest BCUT2D eigenvalue weighted by molar-refractivity contribution is -0.146. The Bertz CT molecular complexity index is 1030. The summed E-state index contributed by atoms with van der Waals surface area (Å²) in [5.41, 5.74) is 0.496. The third-order valence-corrected chi connectivity index (χ3v) is 6.86. The van der Waals surface area contributed by atoms with Crippen LogP contribution in [0.15, 0.2) is 4.79 Å². The molecule has 4 heterocycles. The van der Waals surface area contributed by atoms with Crippen molar-refractivity contribution in [2.75, 3.05) is 19.7 Å². The summed E-state index contributed by atoms with van der Waals surface area (Å²) in [5.74, 6) is -0.0382. The van der Waals surface area contributed by atoms with Gasteiger partial charge < -0.3 is 14.4 Å². The average molecular weight is 434 g/mol. The van der Waals surface area contributed by atoms with Gasteiger partial charge in [0.25, 0.3) is 11.5 Å². The van der Waals surface area contributed by atoms with Crippen LogP contribution < -0.4 is 5.56 Å². The third kappa shape index (κ3) is 4.00. The van der Waals surface area contributed by atoms with Crippen LogP contribution in [0.25, 0.3) is 10.2 Å². The van der Waals surface area contributed by atoms with E-state index in [2.05, 4.69) is 4.98 Å². The van der Waals surface area contributed by atoms with Gasteiger partial charge in [0.05, 0.1) is 17.6 Å². The molecule has 0 radical (unpaired) electrons. The van der Waals surface area contributed by atoms with E-state index in [-0.39, 0.29) is 30.3 Å². The van der Waals surface area contributed by atoms with Gasteiger partial charge in [0.2, 0.25) is 0 Å². The molecule has 2 aromatic rings. The number of aryl methyl sites for hydroxylation is 2. The summed E-state index contributed by atoms with van der Waals surface area (Å²) >= 11 is 1.17. The first-order chi connectivity index (χ1) is 14.3. The highest BCUT2D eigenvalue weighted by Gasteiger charge is 2.28. The lowest BCUT2D eigenvalue weighted by Crippen LogP contribution is -2.49. The van der Waals surface area contributed by atoms with Crippen molar-refractivity contribution < 1.29 is 19.1 Å². The van der Waals surface area contributed by atoms with Crippen LogP contribution in [0.2, 0.25) is 0 Å². The van der Waals surface area contributed by atoms with Gasteiger partial charge in [-0.15, -0.1) is 11.3 Å². The summed E-state index contributed by atoms with van der Waals surface area (Å²) in [7, 11) is 0. The van der Waals surface area contributed by atoms with Crippen molar-refractivity contribution in [1.82, 2.24) is 14.5 Å². The van der Waals surface area contributed by atoms with Crippen molar-refractivity contribution >= 4 is 33.4 Å². The Labute approximate surface area is 178 Å². The zero-order valence-electron chi connectivity index (χ0n) is 17.6. The second-order valence-electron chi connectivity index (χ2n) is 8.16. The van der Waals surface area contributed by atoms with Crippen molar-refractivity contribution in [3.05, 3.63) is 26.6 Å². The second-order valence-corrected chi connectivity index (χ2v) is 9.16. The van der Waals surface area contributed by atoms with Crippen molar-refractivity contribution in [1.29, 1.82) is 0 Å². The van der Waals surface area contributed by atoms with Crippen LogP contribution in [0.1, 0.15) is 54.2 Å². The van der Waals surface area contributed by atoms with Crippen LogP contribution in [0.5, 0.6) is 0 Å². The fourth-order valence-corrected chi connectivity index (χ4v) is 5.35. The molecule has 1 amide bonds. The molecule has 0 bridgehead atoms. The molecule has 0 aromatic carbocycles. The van der Waals surface area contributed by atoms with E-state index in [1.807, 2.05) is 13.8 Å². The minimum Gasteiger partial charge on any atom is -0.451 e. The predicted molar refractivity (Wildman–Crippen MR) is 113 cm³/mol. The molecule has 1 fully saturated rings. The molecular formula is C21H27N3O5S. The first kappa shape index (κ1) is 21.0. The van der Waals surface area contributed by atoms with Gasteiger partial charge in [0, 0.05) is 26.1 Å². The van der Waals surface area contributed by atoms with Crippen LogP contribution >= 0.6 is 11.3 Å². The summed E-state index contributed by atoms with van der Waals surface area (Å²) < 4.78 is 12.7. The van der Waals surface area contributed by atoms with Crippen molar-refractivity contribution in [2.45, 2.75) is 65.2 Å². The van der Waals surface area contributed by atoms with Crippen LogP contribution in [0, 0.1) is 6.92 Å². The second kappa shape index (κ2) is 8.47. The number of ether oxygens (including phenoxy) is 2. The molecule has 8 nitrogen and oxygen atoms in total. The highest BCUT2D eigenvalue weighted by atomic mass is 32.1. The summed E-state index contributed by atoms with van der Waals surface area (Å²) in [6.07, 6.45) is 3.73. The number of carbonyl (C=O) groups is 2. The number of morpholine rings is 1. The summed E-state index contributed by atoms with van der Waals surface area (Å²) in [5, 5.41) is 0.486. The molecule has 2 aliphatic rings. The number of esters is 1. The quantitative estimate of drug-likeness (QED) is 0.690. The topological polar surface area (TPSA) is 90.7 Å². The first-order valence-corrected chi connectivity index (χ1v) is 11.3. The molecule has 2 unspecified atom stereocenters. The zero-order valence-corrected chi connectivity index (χ0v) is 18.4. The maximum atomic E-state index is 13.0. The minimum absolute atomic E-state index is 0.0486. The number of nitrogens with zero attached hydrogens (tertiary/aromatic N) is 3. The van der Waals surface area contributed by atoms with Crippen LogP contribution in [0.3, 0.4) is 0 Å². The maximum Gasteiger partial charge on any atom is 0.349 e. The number of amides is 1. The molecule has 30 heavy (non-hydrogen) atoms. The largest absolute Gasteiger partial charge is 0.451 e. The maximum absolute atomic E-state index is 13.0. The van der Waals surface area contributed by atoms with E-state index in [1.54, 1.807) is 16.4 Å². The number of fused-ring (bicyclic) bond motifs is 2. The van der Waals surface area contributed by atoms with Gasteiger partial charge in [-0.05, 0) is 39.2 Å². The molecule has 2 aliphatic heterocycles. The Morgan fingerprint density at radius 2 is 1.93 bits per heavy atom. The summed E-state index contributed by atoms with van der Waals surface area (Å²) in [6, 6.07) is 0. The van der Waals surface area contributed by atoms with Gasteiger partial charge in [-0.2, -0.15) is 0 Å². The SMILES string of the molecule is Cc1c(C(=O)OCC(=O)N2CC(C)OC(C)C2)sc2nc3n(c(=O)c12)CCCCC3. The Hall–Kier alpha value is -2.26. The van der Waals surface area contributed by atoms with Crippen molar-refractivity contribution in [3.63, 3.8) is 0 Å². The van der Waals surface area contributed by atoms with E-state index >= 15 is 0 Å². The number of hydrogen-bond acceptors (Lipinski definition) is 7. The van der Waals surface area contributed by atoms with Gasteiger partial charge in [-0.3, -0.25) is 14.2 Å². The van der Waals surface area contributed by atoms with Gasteiger partial charge >= 0.3 is 5.97 Å². The molecule has 0 saturated carbocycles. The van der Waals surface area contributed by atoms with E-state index in [0.29, 0.717) is 40.3 Å². The smallest absolute Gasteiger partial charge is 0.349 e. The van der Waals surface area contributed by atoms with E-state index in [9.17, 15) is 14.4 Å². The molecular weight excluding hydrogens is 406 g/mol. The number of aromatic nitrogens is 2. The Morgan fingerprint density at radius 1 is 1.20 bits per heavy atom. The highest BCUT2D eigenvalue weighted by molar-refractivity contribution is 7.20. The van der Waals surface area contributed by atoms with Gasteiger partial charge in [0.15, 0.2) is 6.61 Å². The standard InChI is InChI=1S/C21H27N3O5S/c1-12-9-23(10-13(2)29-12)16(25)11-28-21(27)18-14(3)17-19(30-18)22-15-7-5-4-6-8-24(15)20(17)26/h12-13H,4-11H2,1-3H3. The first-order valence-electron chi connectivity index (χ1n) is 10.5. The van der Waals surface area contributed by atoms with Gasteiger partial charge in [0.1, 0.15) is 15.5 Å². The summed E-state index contributed by atoms with van der Waals surface area (Å²) in [4.78, 5) is 45.4. The molecule has 4 rings (SSSR count). The van der Waals surface area contributed by atoms with Crippen LogP contribution in [-0.4, -0.2) is 58.2 Å². The average Bonchev–Trinajstić information content (AvgIpc) is 2.87. The Morgan fingerprint density at radius 3 is 2.67 bits per heavy atom. The molecule has 2 aromatic heterocycles. The van der Waals surface area contributed by atoms with E-state index < -0.39 is 5.97 Å². The van der Waals surface area contributed by atoms with Crippen molar-refractivity contribution in [2.24, 2.45) is 0 Å². The number of rotatable bonds is 3. The third-order valence-electron chi connectivity index (χ3n) is 5.70. The Kier molecular flexibility index (Phi) is 5.92. The molecule has 0 N–H and O–H groups in total. The fourth-order valence-electron chi connectivity index (χ4n) is 4.27. The molecule has 2 atom stereocenters. The van der Waals surface area contributed by atoms with Crippen LogP contribution in [0.4, 0.5) is 0 Å². The van der Waals surface area contributed by atoms with Gasteiger partial charge in [-0.1, -0.05) is 6.42 Å². The molecule has 0 spiro atoms. The normalized spacial score (nSPS) is 21.9. The van der Waals surface area contributed by atoms with Gasteiger partial charge in [-0.25, -0.2) is 9.78 Å². The minimum atomic E-state index is -0.585. The van der Waals surface area contributed by atoms with E-state index in [4.69, 9.17) is 9.47 Å². The molecule has 162 valence electrons. The molecule has 0 aliphatic carbocycles.